The molecule has 0 radical (unpaired) electrons. The third-order valence-corrected chi connectivity index (χ3v) is 8.49. The lowest BCUT2D eigenvalue weighted by molar-refractivity contribution is -0.121. The quantitative estimate of drug-likeness (QED) is 0.158. The maximum absolute atomic E-state index is 13.6. The summed E-state index contributed by atoms with van der Waals surface area (Å²) in [6.07, 6.45) is 1.90. The minimum absolute atomic E-state index is 0.0137. The van der Waals surface area contributed by atoms with Crippen LogP contribution < -0.4 is 16.0 Å². The van der Waals surface area contributed by atoms with Crippen molar-refractivity contribution < 1.29 is 18.8 Å². The normalized spacial score (nSPS) is 14.5. The molecule has 1 atom stereocenters. The largest absolute Gasteiger partial charge is 0.324 e. The molecule has 46 heavy (non-hydrogen) atoms. The average molecular weight is 624 g/mol. The molecule has 1 aliphatic rings. The highest BCUT2D eigenvalue weighted by Crippen LogP contribution is 2.34. The molecule has 1 unspecified atom stereocenters. The molecule has 1 saturated heterocycles. The van der Waals surface area contributed by atoms with Gasteiger partial charge in [-0.3, -0.25) is 14.9 Å². The van der Waals surface area contributed by atoms with Gasteiger partial charge in [0.15, 0.2) is 5.78 Å². The van der Waals surface area contributed by atoms with E-state index in [2.05, 4.69) is 36.7 Å². The summed E-state index contributed by atoms with van der Waals surface area (Å²) < 4.78 is 15.0. The number of urea groups is 1. The molecule has 0 saturated carbocycles. The van der Waals surface area contributed by atoms with Gasteiger partial charge in [0.1, 0.15) is 17.4 Å². The number of hydrogen-bond donors (Lipinski definition) is 3. The number of aryl methyl sites for hydroxylation is 1. The number of anilines is 2. The predicted molar refractivity (Wildman–Crippen MR) is 179 cm³/mol. The summed E-state index contributed by atoms with van der Waals surface area (Å²) in [7, 11) is 0. The molecule has 0 spiro atoms. The number of amides is 2. The van der Waals surface area contributed by atoms with Gasteiger partial charge >= 0.3 is 6.03 Å². The summed E-state index contributed by atoms with van der Waals surface area (Å²) in [4.78, 5) is 39.5. The van der Waals surface area contributed by atoms with Crippen molar-refractivity contribution in [1.29, 1.82) is 0 Å². The summed E-state index contributed by atoms with van der Waals surface area (Å²) >= 11 is 0. The van der Waals surface area contributed by atoms with Crippen LogP contribution in [0.15, 0.2) is 78.9 Å². The number of nitrogens with one attached hydrogen (secondary N) is 3. The van der Waals surface area contributed by atoms with E-state index in [0.717, 1.165) is 48.4 Å². The van der Waals surface area contributed by atoms with Crippen molar-refractivity contribution in [3.05, 3.63) is 107 Å². The highest BCUT2D eigenvalue weighted by atomic mass is 19.1. The molecule has 240 valence electrons. The van der Waals surface area contributed by atoms with E-state index in [9.17, 15) is 18.8 Å². The van der Waals surface area contributed by atoms with Gasteiger partial charge in [-0.15, -0.1) is 0 Å². The number of hydrogen-bond acceptors (Lipinski definition) is 5. The van der Waals surface area contributed by atoms with E-state index in [4.69, 9.17) is 5.10 Å². The smallest absolute Gasteiger partial charge is 0.317 e. The highest BCUT2D eigenvalue weighted by Gasteiger charge is 2.31. The summed E-state index contributed by atoms with van der Waals surface area (Å²) in [6, 6.07) is 22.2. The maximum atomic E-state index is 13.6. The molecule has 1 aromatic heterocycles. The number of carbonyl (C=O) groups is 3. The minimum Gasteiger partial charge on any atom is -0.317 e. The summed E-state index contributed by atoms with van der Waals surface area (Å²) in [6.45, 7) is 9.91. The number of aromatic nitrogens is 2. The van der Waals surface area contributed by atoms with Crippen LogP contribution in [0.2, 0.25) is 0 Å². The zero-order chi connectivity index (χ0) is 32.8. The molecular weight excluding hydrogens is 581 g/mol. The van der Waals surface area contributed by atoms with E-state index < -0.39 is 11.8 Å². The monoisotopic (exact) mass is 623 g/mol. The van der Waals surface area contributed by atoms with E-state index in [1.165, 1.54) is 24.3 Å². The summed E-state index contributed by atoms with van der Waals surface area (Å²) in [5.41, 5.74) is 4.46. The first-order valence-corrected chi connectivity index (χ1v) is 15.9. The Kier molecular flexibility index (Phi) is 10.1. The number of carbonyl (C=O) groups excluding carboxylic acids is 3. The molecular formula is C37H42FN5O3. The van der Waals surface area contributed by atoms with Crippen LogP contribution in [0.25, 0.3) is 5.69 Å². The fourth-order valence-corrected chi connectivity index (χ4v) is 5.84. The van der Waals surface area contributed by atoms with Crippen LogP contribution in [-0.4, -0.2) is 40.5 Å². The van der Waals surface area contributed by atoms with Crippen molar-refractivity contribution in [2.24, 2.45) is 5.92 Å². The molecule has 1 aliphatic heterocycles. The first-order chi connectivity index (χ1) is 22.0. The molecule has 8 nitrogen and oxygen atoms in total. The van der Waals surface area contributed by atoms with Gasteiger partial charge in [-0.2, -0.15) is 5.10 Å². The fourth-order valence-electron chi connectivity index (χ4n) is 5.84. The average Bonchev–Trinajstić information content (AvgIpc) is 3.46. The van der Waals surface area contributed by atoms with Gasteiger partial charge in [0.05, 0.1) is 11.4 Å². The van der Waals surface area contributed by atoms with Crippen LogP contribution >= 0.6 is 0 Å². The van der Waals surface area contributed by atoms with Crippen molar-refractivity contribution in [3.8, 4) is 5.69 Å². The molecule has 3 aromatic carbocycles. The van der Waals surface area contributed by atoms with Crippen LogP contribution in [-0.2, 0) is 10.2 Å². The summed E-state index contributed by atoms with van der Waals surface area (Å²) in [5.74, 6) is -0.227. The van der Waals surface area contributed by atoms with Gasteiger partial charge in [-0.1, -0.05) is 50.6 Å². The number of nitrogens with zero attached hydrogens (tertiary/aromatic N) is 2. The SMILES string of the molecule is Cc1ccc(-n2nc(C(C)(C)C)cc2NC(=O)Nc2ccc(C(C(=O)CCC(=O)c3ccc(F)cc3)C3CCNCC3)cc2)cc1. The lowest BCUT2D eigenvalue weighted by atomic mass is 9.76. The number of benzene rings is 3. The molecule has 4 aromatic rings. The van der Waals surface area contributed by atoms with Gasteiger partial charge < -0.3 is 10.6 Å². The molecule has 2 heterocycles. The van der Waals surface area contributed by atoms with Crippen molar-refractivity contribution in [2.75, 3.05) is 23.7 Å². The maximum Gasteiger partial charge on any atom is 0.324 e. The number of rotatable bonds is 10. The van der Waals surface area contributed by atoms with Crippen LogP contribution in [0.1, 0.15) is 79.6 Å². The van der Waals surface area contributed by atoms with Gasteiger partial charge in [0.25, 0.3) is 0 Å². The van der Waals surface area contributed by atoms with E-state index in [-0.39, 0.29) is 41.7 Å². The second kappa shape index (κ2) is 14.2. The van der Waals surface area contributed by atoms with Crippen LogP contribution in [0.5, 0.6) is 0 Å². The Labute approximate surface area is 269 Å². The van der Waals surface area contributed by atoms with Crippen molar-refractivity contribution in [3.63, 3.8) is 0 Å². The Morgan fingerprint density at radius 2 is 1.57 bits per heavy atom. The first-order valence-electron chi connectivity index (χ1n) is 15.9. The topological polar surface area (TPSA) is 105 Å². The van der Waals surface area contributed by atoms with Gasteiger partial charge in [0.2, 0.25) is 0 Å². The third-order valence-electron chi connectivity index (χ3n) is 8.49. The van der Waals surface area contributed by atoms with Crippen molar-refractivity contribution in [1.82, 2.24) is 15.1 Å². The zero-order valence-corrected chi connectivity index (χ0v) is 26.9. The molecule has 3 N–H and O–H groups in total. The molecule has 5 rings (SSSR count). The molecule has 2 amide bonds. The van der Waals surface area contributed by atoms with Crippen LogP contribution in [0, 0.1) is 18.7 Å². The number of Topliss-reactive ketones (excluding diaryl/α,β-unsaturated/α-hetero) is 2. The number of piperidine rings is 1. The minimum atomic E-state index is -0.410. The predicted octanol–water partition coefficient (Wildman–Crippen LogP) is 7.58. The third kappa shape index (κ3) is 8.14. The molecule has 1 fully saturated rings. The Balaban J connectivity index is 1.28. The highest BCUT2D eigenvalue weighted by molar-refractivity contribution is 6.00. The van der Waals surface area contributed by atoms with E-state index in [1.807, 2.05) is 49.4 Å². The van der Waals surface area contributed by atoms with Crippen LogP contribution in [0.4, 0.5) is 20.7 Å². The van der Waals surface area contributed by atoms with Gasteiger partial charge in [-0.05, 0) is 92.9 Å². The molecule has 9 heteroatoms. The van der Waals surface area contributed by atoms with Crippen molar-refractivity contribution in [2.45, 2.75) is 64.7 Å². The number of ketones is 2. The lowest BCUT2D eigenvalue weighted by Crippen LogP contribution is -2.33. The van der Waals surface area contributed by atoms with Gasteiger partial charge in [0, 0.05) is 41.5 Å². The molecule has 0 bridgehead atoms. The van der Waals surface area contributed by atoms with Crippen molar-refractivity contribution >= 4 is 29.1 Å². The Morgan fingerprint density at radius 3 is 2.20 bits per heavy atom. The van der Waals surface area contributed by atoms with Gasteiger partial charge in [-0.25, -0.2) is 13.9 Å². The van der Waals surface area contributed by atoms with E-state index >= 15 is 0 Å². The zero-order valence-electron chi connectivity index (χ0n) is 26.9. The Hall–Kier alpha value is -4.63. The van der Waals surface area contributed by atoms with E-state index in [0.29, 0.717) is 17.1 Å². The lowest BCUT2D eigenvalue weighted by Gasteiger charge is -2.30. The Bertz CT molecular complexity index is 1670. The second-order valence-electron chi connectivity index (χ2n) is 13.1. The van der Waals surface area contributed by atoms with E-state index in [1.54, 1.807) is 16.8 Å². The van der Waals surface area contributed by atoms with Crippen LogP contribution in [0.3, 0.4) is 0 Å². The Morgan fingerprint density at radius 1 is 0.913 bits per heavy atom. The second-order valence-corrected chi connectivity index (χ2v) is 13.1. The molecule has 0 aliphatic carbocycles. The standard InChI is InChI=1S/C37H42FN5O3/c1-24-5-15-30(16-6-24)43-34(23-33(42-43)37(2,3)4)41-36(46)40-29-13-9-26(10-14-29)35(27-19-21-39-22-20-27)32(45)18-17-31(44)25-7-11-28(38)12-8-25/h5-16,23,27,35,39H,17-22H2,1-4H3,(H2,40,41,46). The number of halogens is 1. The summed E-state index contributed by atoms with van der Waals surface area (Å²) in [5, 5.41) is 14.0. The first kappa shape index (κ1) is 32.8. The fraction of sp³-hybridized carbons (Fsp3) is 0.351.